The van der Waals surface area contributed by atoms with Gasteiger partial charge in [-0.25, -0.2) is 0 Å². The van der Waals surface area contributed by atoms with Gasteiger partial charge in [0.2, 0.25) is 0 Å². The van der Waals surface area contributed by atoms with Gasteiger partial charge in [0.1, 0.15) is 0 Å². The molecule has 0 radical (unpaired) electrons. The highest BCUT2D eigenvalue weighted by molar-refractivity contribution is 8.14. The van der Waals surface area contributed by atoms with Gasteiger partial charge in [-0.15, -0.1) is 16.9 Å². The molecule has 0 bridgehead atoms. The molecule has 1 heterocycles. The Kier molecular flexibility index (Phi) is 2.64. The van der Waals surface area contributed by atoms with Gasteiger partial charge in [0.15, 0.2) is 0 Å². The van der Waals surface area contributed by atoms with Crippen molar-refractivity contribution in [1.82, 2.24) is 0 Å². The maximum absolute atomic E-state index is 10.0. The molecule has 4 nitrogen and oxygen atoms in total. The van der Waals surface area contributed by atoms with Crippen LogP contribution < -0.4 is 0 Å². The monoisotopic (exact) mass is 152 g/mol. The Labute approximate surface area is 55.3 Å². The van der Waals surface area contributed by atoms with Crippen molar-refractivity contribution < 1.29 is 9.59 Å². The van der Waals surface area contributed by atoms with E-state index in [0.29, 0.717) is 11.9 Å². The third-order valence-corrected chi connectivity index (χ3v) is 0.934. The highest BCUT2D eigenvalue weighted by Crippen LogP contribution is 2.12. The Bertz CT molecular complexity index is 156. The van der Waals surface area contributed by atoms with Gasteiger partial charge in [-0.1, -0.05) is 5.11 Å². The van der Waals surface area contributed by atoms with Crippen molar-refractivity contribution >= 4 is 35.4 Å². The molecular formula is C2HClN2O2S. The number of halogens is 1. The van der Waals surface area contributed by atoms with Crippen molar-refractivity contribution in [3.8, 4) is 0 Å². The molecule has 6 heteroatoms. The Balaban J connectivity index is 0.000000490. The summed E-state index contributed by atoms with van der Waals surface area (Å²) in [4.78, 5) is 19.9. The van der Waals surface area contributed by atoms with Crippen LogP contribution in [0.25, 0.3) is 0 Å². The lowest BCUT2D eigenvalue weighted by Crippen LogP contribution is -1.97. The van der Waals surface area contributed by atoms with E-state index in [1.54, 1.807) is 0 Å². The third-order valence-electron chi connectivity index (χ3n) is 0.430. The van der Waals surface area contributed by atoms with Gasteiger partial charge < -0.3 is 0 Å². The summed E-state index contributed by atoms with van der Waals surface area (Å²) in [5, 5.41) is 2.32. The van der Waals surface area contributed by atoms with Gasteiger partial charge >= 0.3 is 11.0 Å². The molecule has 0 aromatic rings. The summed E-state index contributed by atoms with van der Waals surface area (Å²) in [6.45, 7) is 0. The number of nitrogens with zero attached hydrogens (tertiary/aromatic N) is 2. The van der Waals surface area contributed by atoms with Crippen molar-refractivity contribution in [3.05, 3.63) is 0 Å². The molecule has 0 saturated carbocycles. The van der Waals surface area contributed by atoms with Gasteiger partial charge in [0.05, 0.1) is 11.9 Å². The molecule has 44 valence electrons. The lowest BCUT2D eigenvalue weighted by molar-refractivity contribution is -0.130. The maximum Gasteiger partial charge on any atom is 0.345 e. The normalized spacial score (nSPS) is 16.5. The van der Waals surface area contributed by atoms with Crippen LogP contribution in [0, 0.1) is 0 Å². The van der Waals surface area contributed by atoms with Crippen LogP contribution >= 0.6 is 24.4 Å². The van der Waals surface area contributed by atoms with Crippen LogP contribution in [0.5, 0.6) is 0 Å². The average molecular weight is 153 g/mol. The predicted octanol–water partition coefficient (Wildman–Crippen LogP) is 0.575. The zero-order valence-electron chi connectivity index (χ0n) is 3.53. The molecule has 0 fully saturated rings. The van der Waals surface area contributed by atoms with Crippen LogP contribution in [0.4, 0.5) is 0 Å². The van der Waals surface area contributed by atoms with Gasteiger partial charge in [-0.3, -0.25) is 9.59 Å². The van der Waals surface area contributed by atoms with E-state index in [0.717, 1.165) is 0 Å². The summed E-state index contributed by atoms with van der Waals surface area (Å²) in [6.07, 6.45) is 0. The first-order chi connectivity index (χ1) is 3.30. The van der Waals surface area contributed by atoms with Crippen molar-refractivity contribution in [2.75, 3.05) is 0 Å². The lowest BCUT2D eigenvalue weighted by Gasteiger charge is -1.66. The molecule has 0 N–H and O–H groups in total. The maximum atomic E-state index is 10.0. The van der Waals surface area contributed by atoms with Gasteiger partial charge in [-0.05, 0) is 0 Å². The van der Waals surface area contributed by atoms with E-state index in [2.05, 4.69) is 9.63 Å². The average Bonchev–Trinajstić information content (AvgIpc) is 1.91. The summed E-state index contributed by atoms with van der Waals surface area (Å²) >= 11 is 0.575. The van der Waals surface area contributed by atoms with Crippen LogP contribution in [0.15, 0.2) is 9.63 Å². The Hall–Kier alpha value is -0.420. The molecular weight excluding hydrogens is 152 g/mol. The minimum atomic E-state index is -0.759. The molecule has 0 saturated heterocycles. The lowest BCUT2D eigenvalue weighted by atomic mass is 10.7. The molecule has 0 aliphatic carbocycles. The van der Waals surface area contributed by atoms with E-state index < -0.39 is 11.0 Å². The first kappa shape index (κ1) is 7.58. The molecule has 0 aromatic heterocycles. The van der Waals surface area contributed by atoms with Crippen LogP contribution in [-0.4, -0.2) is 11.0 Å². The molecule has 0 unspecified atom stereocenters. The number of hydrogen-bond donors (Lipinski definition) is 0. The first-order valence-corrected chi connectivity index (χ1v) is 2.24. The van der Waals surface area contributed by atoms with Crippen LogP contribution in [0.2, 0.25) is 0 Å². The highest BCUT2D eigenvalue weighted by Gasteiger charge is 2.18. The standard InChI is InChI=1S/C2N2O2S.ClH/c5-1-2(6)7-4-3-1;/h;1H. The SMILES string of the molecule is Cl.O=C1N=NSC1=O. The molecule has 1 rings (SSSR count). The summed E-state index contributed by atoms with van der Waals surface area (Å²) in [7, 11) is 0. The van der Waals surface area contributed by atoms with Crippen molar-refractivity contribution in [2.45, 2.75) is 0 Å². The fourth-order valence-corrected chi connectivity index (χ4v) is 0.483. The Morgan fingerprint density at radius 2 is 2.00 bits per heavy atom. The van der Waals surface area contributed by atoms with Crippen LogP contribution in [0.3, 0.4) is 0 Å². The van der Waals surface area contributed by atoms with Gasteiger partial charge in [-0.2, -0.15) is 0 Å². The van der Waals surface area contributed by atoms with Gasteiger partial charge in [0.25, 0.3) is 0 Å². The molecule has 0 atom stereocenters. The van der Waals surface area contributed by atoms with E-state index in [-0.39, 0.29) is 12.4 Å². The Morgan fingerprint density at radius 3 is 2.12 bits per heavy atom. The van der Waals surface area contributed by atoms with E-state index in [1.165, 1.54) is 0 Å². The fraction of sp³-hybridized carbons (Fsp3) is 0. The summed E-state index contributed by atoms with van der Waals surface area (Å²) in [6, 6.07) is 0. The Morgan fingerprint density at radius 1 is 1.38 bits per heavy atom. The van der Waals surface area contributed by atoms with Crippen LogP contribution in [-0.2, 0) is 9.59 Å². The number of carbonyl (C=O) groups excluding carboxylic acids is 2. The second kappa shape index (κ2) is 2.78. The summed E-state index contributed by atoms with van der Waals surface area (Å²) in [5.74, 6) is -0.759. The number of carbonyl (C=O) groups is 2. The second-order valence-corrected chi connectivity index (χ2v) is 1.58. The largest absolute Gasteiger partial charge is 0.345 e. The van der Waals surface area contributed by atoms with Gasteiger partial charge in [0, 0.05) is 0 Å². The molecule has 0 spiro atoms. The van der Waals surface area contributed by atoms with Crippen molar-refractivity contribution in [2.24, 2.45) is 9.63 Å². The number of rotatable bonds is 0. The molecule has 1 aliphatic rings. The molecule has 1 aliphatic heterocycles. The van der Waals surface area contributed by atoms with Crippen LogP contribution in [0.1, 0.15) is 0 Å². The quantitative estimate of drug-likeness (QED) is 0.377. The highest BCUT2D eigenvalue weighted by atomic mass is 35.5. The van der Waals surface area contributed by atoms with E-state index in [1.807, 2.05) is 0 Å². The molecule has 1 amide bonds. The zero-order chi connectivity index (χ0) is 5.28. The van der Waals surface area contributed by atoms with E-state index >= 15 is 0 Å². The zero-order valence-corrected chi connectivity index (χ0v) is 5.16. The van der Waals surface area contributed by atoms with E-state index in [9.17, 15) is 9.59 Å². The third kappa shape index (κ3) is 1.28. The summed E-state index contributed by atoms with van der Waals surface area (Å²) < 4.78 is 3.09. The summed E-state index contributed by atoms with van der Waals surface area (Å²) in [5.41, 5.74) is 0. The van der Waals surface area contributed by atoms with E-state index in [4.69, 9.17) is 0 Å². The predicted molar refractivity (Wildman–Crippen MR) is 29.7 cm³/mol. The van der Waals surface area contributed by atoms with Crippen molar-refractivity contribution in [3.63, 3.8) is 0 Å². The number of hydrogen-bond acceptors (Lipinski definition) is 4. The van der Waals surface area contributed by atoms with Crippen molar-refractivity contribution in [1.29, 1.82) is 0 Å². The minimum Gasteiger partial charge on any atom is -0.274 e. The smallest absolute Gasteiger partial charge is 0.274 e. The first-order valence-electron chi connectivity index (χ1n) is 1.47. The molecule has 8 heavy (non-hydrogen) atoms. The second-order valence-electron chi connectivity index (χ2n) is 0.866. The molecule has 0 aromatic carbocycles. The fourth-order valence-electron chi connectivity index (χ4n) is 0.174. The topological polar surface area (TPSA) is 58.9 Å². The minimum absolute atomic E-state index is 0. The number of amides is 1.